The molecular formula is C14H24Cl2N2. The van der Waals surface area contributed by atoms with Gasteiger partial charge in [0.05, 0.1) is 0 Å². The molecule has 1 saturated heterocycles. The molecule has 1 aliphatic heterocycles. The molecule has 2 nitrogen and oxygen atoms in total. The van der Waals surface area contributed by atoms with E-state index in [4.69, 9.17) is 5.73 Å². The molecule has 0 saturated carbocycles. The van der Waals surface area contributed by atoms with Crippen LogP contribution in [0, 0.1) is 20.8 Å². The van der Waals surface area contributed by atoms with E-state index < -0.39 is 0 Å². The highest BCUT2D eigenvalue weighted by Crippen LogP contribution is 2.19. The molecule has 104 valence electrons. The maximum absolute atomic E-state index is 5.93. The van der Waals surface area contributed by atoms with Crippen molar-refractivity contribution in [2.45, 2.75) is 39.8 Å². The molecule has 0 aliphatic carbocycles. The Balaban J connectivity index is 0.00000144. The van der Waals surface area contributed by atoms with Crippen LogP contribution in [0.1, 0.15) is 28.7 Å². The first-order chi connectivity index (χ1) is 7.56. The highest BCUT2D eigenvalue weighted by Gasteiger charge is 2.19. The number of nitrogens with two attached hydrogens (primary N) is 1. The van der Waals surface area contributed by atoms with E-state index >= 15 is 0 Å². The van der Waals surface area contributed by atoms with E-state index in [1.807, 2.05) is 0 Å². The van der Waals surface area contributed by atoms with E-state index in [2.05, 4.69) is 37.8 Å². The zero-order chi connectivity index (χ0) is 11.7. The number of nitrogens with zero attached hydrogens (tertiary/aromatic N) is 1. The highest BCUT2D eigenvalue weighted by molar-refractivity contribution is 5.85. The second kappa shape index (κ2) is 7.34. The topological polar surface area (TPSA) is 29.3 Å². The summed E-state index contributed by atoms with van der Waals surface area (Å²) in [6, 6.07) is 5.00. The Morgan fingerprint density at radius 2 is 1.72 bits per heavy atom. The zero-order valence-electron chi connectivity index (χ0n) is 11.4. The first-order valence-corrected chi connectivity index (χ1v) is 6.11. The monoisotopic (exact) mass is 290 g/mol. The summed E-state index contributed by atoms with van der Waals surface area (Å²) in [5.74, 6) is 0. The van der Waals surface area contributed by atoms with Crippen LogP contribution in [0.4, 0.5) is 0 Å². The fraction of sp³-hybridized carbons (Fsp3) is 0.571. The van der Waals surface area contributed by atoms with Gasteiger partial charge in [0.25, 0.3) is 0 Å². The van der Waals surface area contributed by atoms with Gasteiger partial charge in [-0.25, -0.2) is 0 Å². The lowest BCUT2D eigenvalue weighted by molar-refractivity contribution is 0.326. The molecule has 1 atom stereocenters. The molecule has 0 amide bonds. The van der Waals surface area contributed by atoms with Crippen LogP contribution in [0.25, 0.3) is 0 Å². The van der Waals surface area contributed by atoms with Gasteiger partial charge in [0.2, 0.25) is 0 Å². The molecule has 18 heavy (non-hydrogen) atoms. The lowest BCUT2D eigenvalue weighted by atomic mass is 10.0. The fourth-order valence-electron chi connectivity index (χ4n) is 2.44. The number of hydrogen-bond donors (Lipinski definition) is 1. The molecule has 1 aromatic carbocycles. The fourth-order valence-corrected chi connectivity index (χ4v) is 2.44. The second-order valence-electron chi connectivity index (χ2n) is 5.15. The summed E-state index contributed by atoms with van der Waals surface area (Å²) in [7, 11) is 0. The molecule has 0 bridgehead atoms. The molecule has 0 radical (unpaired) electrons. The predicted octanol–water partition coefficient (Wildman–Crippen LogP) is 2.99. The van der Waals surface area contributed by atoms with Crippen molar-refractivity contribution >= 4 is 24.8 Å². The smallest absolute Gasteiger partial charge is 0.0237 e. The van der Waals surface area contributed by atoms with Gasteiger partial charge >= 0.3 is 0 Å². The van der Waals surface area contributed by atoms with Crippen LogP contribution < -0.4 is 5.73 Å². The van der Waals surface area contributed by atoms with Crippen molar-refractivity contribution in [3.8, 4) is 0 Å². The molecular weight excluding hydrogens is 267 g/mol. The van der Waals surface area contributed by atoms with Crippen LogP contribution in [0.2, 0.25) is 0 Å². The Bertz CT molecular complexity index is 394. The van der Waals surface area contributed by atoms with Gasteiger partial charge in [0.15, 0.2) is 0 Å². The quantitative estimate of drug-likeness (QED) is 0.907. The number of hydrogen-bond acceptors (Lipinski definition) is 2. The number of likely N-dealkylation sites (tertiary alicyclic amines) is 1. The average Bonchev–Trinajstić information content (AvgIpc) is 2.60. The Morgan fingerprint density at radius 3 is 2.28 bits per heavy atom. The van der Waals surface area contributed by atoms with Crippen molar-refractivity contribution in [2.24, 2.45) is 5.73 Å². The predicted molar refractivity (Wildman–Crippen MR) is 83.0 cm³/mol. The lowest BCUT2D eigenvalue weighted by Crippen LogP contribution is -2.26. The van der Waals surface area contributed by atoms with E-state index in [0.29, 0.717) is 6.04 Å². The van der Waals surface area contributed by atoms with Crippen LogP contribution in [-0.4, -0.2) is 24.0 Å². The summed E-state index contributed by atoms with van der Waals surface area (Å²) < 4.78 is 0. The minimum absolute atomic E-state index is 0. The molecule has 4 heteroatoms. The van der Waals surface area contributed by atoms with Crippen LogP contribution in [-0.2, 0) is 6.54 Å². The molecule has 2 rings (SSSR count). The number of aryl methyl sites for hydroxylation is 3. The van der Waals surface area contributed by atoms with E-state index in [9.17, 15) is 0 Å². The zero-order valence-corrected chi connectivity index (χ0v) is 13.0. The van der Waals surface area contributed by atoms with Crippen molar-refractivity contribution in [1.29, 1.82) is 0 Å². The van der Waals surface area contributed by atoms with Gasteiger partial charge in [-0.05, 0) is 49.4 Å². The first-order valence-electron chi connectivity index (χ1n) is 6.11. The molecule has 1 fully saturated rings. The van der Waals surface area contributed by atoms with Crippen LogP contribution in [0.15, 0.2) is 12.1 Å². The van der Waals surface area contributed by atoms with Gasteiger partial charge in [-0.2, -0.15) is 0 Å². The Kier molecular flexibility index (Phi) is 7.23. The number of halogens is 2. The second-order valence-corrected chi connectivity index (χ2v) is 5.15. The molecule has 0 spiro atoms. The lowest BCUT2D eigenvalue weighted by Gasteiger charge is -2.18. The number of benzene rings is 1. The van der Waals surface area contributed by atoms with E-state index in [1.165, 1.54) is 22.3 Å². The third-order valence-corrected chi connectivity index (χ3v) is 3.66. The van der Waals surface area contributed by atoms with Crippen LogP contribution in [0.5, 0.6) is 0 Å². The van der Waals surface area contributed by atoms with Gasteiger partial charge in [-0.3, -0.25) is 4.90 Å². The van der Waals surface area contributed by atoms with Gasteiger partial charge in [0.1, 0.15) is 0 Å². The SMILES string of the molecule is Cc1cc(C)c(CN2CC[C@H](N)C2)cc1C.Cl.Cl. The van der Waals surface area contributed by atoms with Crippen LogP contribution >= 0.6 is 24.8 Å². The molecule has 1 aliphatic rings. The normalized spacial score (nSPS) is 19.2. The third kappa shape index (κ3) is 4.13. The standard InChI is InChI=1S/C14H22N2.2ClH/c1-10-6-12(3)13(7-11(10)2)8-16-5-4-14(15)9-16;;/h6-7,14H,4-5,8-9,15H2,1-3H3;2*1H/t14-;;/m0../s1. The van der Waals surface area contributed by atoms with E-state index in [0.717, 1.165) is 26.1 Å². The Labute approximate surface area is 123 Å². The maximum Gasteiger partial charge on any atom is 0.0237 e. The molecule has 2 N–H and O–H groups in total. The Hall–Kier alpha value is -0.280. The highest BCUT2D eigenvalue weighted by atomic mass is 35.5. The maximum atomic E-state index is 5.93. The van der Waals surface area contributed by atoms with Crippen molar-refractivity contribution in [1.82, 2.24) is 4.90 Å². The summed E-state index contributed by atoms with van der Waals surface area (Å²) in [6.07, 6.45) is 1.14. The summed E-state index contributed by atoms with van der Waals surface area (Å²) in [6.45, 7) is 9.82. The summed E-state index contributed by atoms with van der Waals surface area (Å²) in [5, 5.41) is 0. The minimum Gasteiger partial charge on any atom is -0.326 e. The molecule has 0 aromatic heterocycles. The molecule has 0 unspecified atom stereocenters. The van der Waals surface area contributed by atoms with Gasteiger partial charge in [0, 0.05) is 25.7 Å². The molecule has 1 heterocycles. The first kappa shape index (κ1) is 17.7. The summed E-state index contributed by atoms with van der Waals surface area (Å²) in [5.41, 5.74) is 11.6. The third-order valence-electron chi connectivity index (χ3n) is 3.66. The Morgan fingerprint density at radius 1 is 1.11 bits per heavy atom. The van der Waals surface area contributed by atoms with Gasteiger partial charge in [-0.15, -0.1) is 24.8 Å². The molecule has 1 aromatic rings. The number of rotatable bonds is 2. The van der Waals surface area contributed by atoms with Crippen molar-refractivity contribution in [3.63, 3.8) is 0 Å². The van der Waals surface area contributed by atoms with Crippen LogP contribution in [0.3, 0.4) is 0 Å². The van der Waals surface area contributed by atoms with Crippen molar-refractivity contribution in [2.75, 3.05) is 13.1 Å². The minimum atomic E-state index is 0. The van der Waals surface area contributed by atoms with Gasteiger partial charge in [-0.1, -0.05) is 12.1 Å². The van der Waals surface area contributed by atoms with E-state index in [-0.39, 0.29) is 24.8 Å². The average molecular weight is 291 g/mol. The summed E-state index contributed by atoms with van der Waals surface area (Å²) >= 11 is 0. The van der Waals surface area contributed by atoms with Crippen molar-refractivity contribution in [3.05, 3.63) is 34.4 Å². The van der Waals surface area contributed by atoms with E-state index in [1.54, 1.807) is 0 Å². The summed E-state index contributed by atoms with van der Waals surface area (Å²) in [4.78, 5) is 2.46. The van der Waals surface area contributed by atoms with Crippen molar-refractivity contribution < 1.29 is 0 Å². The largest absolute Gasteiger partial charge is 0.326 e. The van der Waals surface area contributed by atoms with Gasteiger partial charge < -0.3 is 5.73 Å².